The van der Waals surface area contributed by atoms with E-state index in [1.165, 1.54) is 6.42 Å². The van der Waals surface area contributed by atoms with Gasteiger partial charge < -0.3 is 0 Å². The molecule has 0 saturated heterocycles. The van der Waals surface area contributed by atoms with Crippen LogP contribution in [-0.4, -0.2) is 32.0 Å². The number of nitrogens with two attached hydrogens (primary N) is 1. The fourth-order valence-electron chi connectivity index (χ4n) is 1.31. The molecule has 0 aliphatic rings. The summed E-state index contributed by atoms with van der Waals surface area (Å²) in [5, 5.41) is 8.64. The lowest BCUT2D eigenvalue weighted by atomic mass is 10.2. The lowest BCUT2D eigenvalue weighted by molar-refractivity contribution is 0.567. The van der Waals surface area contributed by atoms with Crippen LogP contribution in [0.2, 0.25) is 0 Å². The maximum atomic E-state index is 5.54. The number of nitrogens with zero attached hydrogens (tertiary/aromatic N) is 3. The van der Waals surface area contributed by atoms with E-state index in [1.54, 1.807) is 4.68 Å². The van der Waals surface area contributed by atoms with Gasteiger partial charge in [-0.15, -0.1) is 5.10 Å². The molecule has 0 aliphatic heterocycles. The van der Waals surface area contributed by atoms with Crippen LogP contribution >= 0.6 is 11.8 Å². The van der Waals surface area contributed by atoms with Gasteiger partial charge in [0.15, 0.2) is 0 Å². The van der Waals surface area contributed by atoms with Crippen molar-refractivity contribution >= 4 is 11.8 Å². The van der Waals surface area contributed by atoms with Gasteiger partial charge in [0.25, 0.3) is 0 Å². The fraction of sp³-hybridized carbons (Fsp3) is 0.800. The summed E-state index contributed by atoms with van der Waals surface area (Å²) in [6, 6.07) is 0.260. The normalized spacial score (nSPS) is 15.0. The Labute approximate surface area is 101 Å². The van der Waals surface area contributed by atoms with Crippen molar-refractivity contribution in [1.82, 2.24) is 20.4 Å². The molecular weight excluding hydrogens is 222 g/mol. The predicted molar refractivity (Wildman–Crippen MR) is 68.0 cm³/mol. The van der Waals surface area contributed by atoms with E-state index >= 15 is 0 Å². The van der Waals surface area contributed by atoms with Crippen LogP contribution in [-0.2, 0) is 13.5 Å². The van der Waals surface area contributed by atoms with Gasteiger partial charge in [-0.1, -0.05) is 19.1 Å². The zero-order valence-electron chi connectivity index (χ0n) is 10.2. The van der Waals surface area contributed by atoms with Crippen LogP contribution < -0.4 is 11.3 Å². The highest BCUT2D eigenvalue weighted by Crippen LogP contribution is 2.15. The third-order valence-electron chi connectivity index (χ3n) is 2.50. The summed E-state index contributed by atoms with van der Waals surface area (Å²) >= 11 is 1.94. The third kappa shape index (κ3) is 4.51. The van der Waals surface area contributed by atoms with Crippen LogP contribution in [0.15, 0.2) is 6.20 Å². The van der Waals surface area contributed by atoms with Gasteiger partial charge in [-0.05, 0) is 6.42 Å². The van der Waals surface area contributed by atoms with Crippen molar-refractivity contribution in [3.05, 3.63) is 11.9 Å². The number of hydrogen-bond acceptors (Lipinski definition) is 5. The first-order valence-corrected chi connectivity index (χ1v) is 6.63. The highest BCUT2D eigenvalue weighted by molar-refractivity contribution is 7.99. The Bertz CT molecular complexity index is 301. The van der Waals surface area contributed by atoms with E-state index in [2.05, 4.69) is 29.6 Å². The van der Waals surface area contributed by atoms with Gasteiger partial charge in [-0.2, -0.15) is 11.8 Å². The Morgan fingerprint density at radius 3 is 2.88 bits per heavy atom. The average Bonchev–Trinajstić information content (AvgIpc) is 2.69. The monoisotopic (exact) mass is 243 g/mol. The van der Waals surface area contributed by atoms with Crippen LogP contribution in [0.1, 0.15) is 26.0 Å². The number of rotatable bonds is 7. The van der Waals surface area contributed by atoms with Gasteiger partial charge in [-0.3, -0.25) is 16.0 Å². The van der Waals surface area contributed by atoms with Crippen molar-refractivity contribution in [2.75, 3.05) is 5.75 Å². The largest absolute Gasteiger partial charge is 0.271 e. The number of aromatic nitrogens is 3. The molecule has 3 N–H and O–H groups in total. The lowest BCUT2D eigenvalue weighted by Crippen LogP contribution is -2.39. The summed E-state index contributed by atoms with van der Waals surface area (Å²) in [6.07, 6.45) is 3.94. The molecule has 0 amide bonds. The predicted octanol–water partition coefficient (Wildman–Crippen LogP) is 0.721. The summed E-state index contributed by atoms with van der Waals surface area (Å²) in [5.74, 6) is 6.54. The maximum Gasteiger partial charge on any atom is 0.0843 e. The summed E-state index contributed by atoms with van der Waals surface area (Å²) < 4.78 is 1.71. The van der Waals surface area contributed by atoms with Crippen molar-refractivity contribution in [2.45, 2.75) is 38.0 Å². The van der Waals surface area contributed by atoms with Gasteiger partial charge in [0, 0.05) is 36.7 Å². The molecule has 92 valence electrons. The Balaban J connectivity index is 2.37. The highest BCUT2D eigenvalue weighted by Gasteiger charge is 2.11. The van der Waals surface area contributed by atoms with Crippen molar-refractivity contribution in [1.29, 1.82) is 0 Å². The molecule has 5 nitrogen and oxygen atoms in total. The van der Waals surface area contributed by atoms with Crippen LogP contribution in [0.25, 0.3) is 0 Å². The van der Waals surface area contributed by atoms with E-state index < -0.39 is 0 Å². The molecule has 2 unspecified atom stereocenters. The second kappa shape index (κ2) is 6.88. The van der Waals surface area contributed by atoms with Crippen LogP contribution in [0.3, 0.4) is 0 Å². The molecule has 0 saturated carbocycles. The van der Waals surface area contributed by atoms with Crippen molar-refractivity contribution in [2.24, 2.45) is 12.9 Å². The molecule has 0 spiro atoms. The SMILES string of the molecule is CCC(C)SCC(Cc1cn(C)nn1)NN. The first-order valence-electron chi connectivity index (χ1n) is 5.58. The van der Waals surface area contributed by atoms with Crippen LogP contribution in [0, 0.1) is 0 Å². The van der Waals surface area contributed by atoms with Crippen molar-refractivity contribution in [3.8, 4) is 0 Å². The number of aryl methyl sites for hydroxylation is 1. The highest BCUT2D eigenvalue weighted by atomic mass is 32.2. The molecular formula is C10H21N5S. The Morgan fingerprint density at radius 2 is 2.38 bits per heavy atom. The summed E-state index contributed by atoms with van der Waals surface area (Å²) in [4.78, 5) is 0. The number of hydrazine groups is 1. The molecule has 2 atom stereocenters. The topological polar surface area (TPSA) is 68.8 Å². The van der Waals surface area contributed by atoms with Crippen molar-refractivity contribution < 1.29 is 0 Å². The van der Waals surface area contributed by atoms with Gasteiger partial charge >= 0.3 is 0 Å². The zero-order chi connectivity index (χ0) is 12.0. The Kier molecular flexibility index (Phi) is 5.79. The van der Waals surface area contributed by atoms with E-state index in [9.17, 15) is 0 Å². The molecule has 0 bridgehead atoms. The smallest absolute Gasteiger partial charge is 0.0843 e. The van der Waals surface area contributed by atoms with Crippen LogP contribution in [0.4, 0.5) is 0 Å². The van der Waals surface area contributed by atoms with Gasteiger partial charge in [0.05, 0.1) is 5.69 Å². The molecule has 16 heavy (non-hydrogen) atoms. The second-order valence-corrected chi connectivity index (χ2v) is 5.47. The standard InChI is InChI=1S/C10H21N5S/c1-4-8(2)16-7-10(12-11)5-9-6-15(3)14-13-9/h6,8,10,12H,4-5,7,11H2,1-3H3. The first kappa shape index (κ1) is 13.5. The zero-order valence-corrected chi connectivity index (χ0v) is 11.0. The molecule has 1 heterocycles. The lowest BCUT2D eigenvalue weighted by Gasteiger charge is -2.16. The number of nitrogens with one attached hydrogen (secondary N) is 1. The third-order valence-corrected chi connectivity index (χ3v) is 4.00. The maximum absolute atomic E-state index is 5.54. The molecule has 0 fully saturated rings. The number of thioether (sulfide) groups is 1. The Morgan fingerprint density at radius 1 is 1.62 bits per heavy atom. The fourth-order valence-corrected chi connectivity index (χ4v) is 2.32. The quantitative estimate of drug-likeness (QED) is 0.545. The second-order valence-electron chi connectivity index (χ2n) is 4.00. The van der Waals surface area contributed by atoms with E-state index in [-0.39, 0.29) is 6.04 Å². The van der Waals surface area contributed by atoms with Gasteiger partial charge in [-0.25, -0.2) is 0 Å². The molecule has 1 rings (SSSR count). The molecule has 0 aliphatic carbocycles. The molecule has 0 radical (unpaired) electrons. The average molecular weight is 243 g/mol. The molecule has 1 aromatic rings. The number of hydrogen-bond donors (Lipinski definition) is 2. The summed E-state index contributed by atoms with van der Waals surface area (Å²) in [5.41, 5.74) is 3.82. The summed E-state index contributed by atoms with van der Waals surface area (Å²) in [6.45, 7) is 4.44. The van der Waals surface area contributed by atoms with E-state index in [0.717, 1.165) is 17.9 Å². The molecule has 0 aromatic carbocycles. The van der Waals surface area contributed by atoms with E-state index in [1.807, 2.05) is 25.0 Å². The Hall–Kier alpha value is -0.590. The molecule has 6 heteroatoms. The van der Waals surface area contributed by atoms with E-state index in [0.29, 0.717) is 5.25 Å². The van der Waals surface area contributed by atoms with Crippen molar-refractivity contribution in [3.63, 3.8) is 0 Å². The summed E-state index contributed by atoms with van der Waals surface area (Å²) in [7, 11) is 1.87. The van der Waals surface area contributed by atoms with Gasteiger partial charge in [0.1, 0.15) is 0 Å². The minimum Gasteiger partial charge on any atom is -0.271 e. The van der Waals surface area contributed by atoms with E-state index in [4.69, 9.17) is 5.84 Å². The first-order chi connectivity index (χ1) is 7.65. The van der Waals surface area contributed by atoms with Gasteiger partial charge in [0.2, 0.25) is 0 Å². The van der Waals surface area contributed by atoms with Crippen LogP contribution in [0.5, 0.6) is 0 Å². The molecule has 1 aromatic heterocycles. The minimum atomic E-state index is 0.260. The minimum absolute atomic E-state index is 0.260.